The third-order valence-corrected chi connectivity index (χ3v) is 6.51. The molecule has 2 aromatic rings. The third kappa shape index (κ3) is 7.63. The molecule has 0 aromatic heterocycles. The van der Waals surface area contributed by atoms with Gasteiger partial charge in [-0.15, -0.1) is 0 Å². The number of ether oxygens (including phenoxy) is 1. The Bertz CT molecular complexity index is 1110. The van der Waals surface area contributed by atoms with Gasteiger partial charge in [0.05, 0.1) is 19.1 Å². The second kappa shape index (κ2) is 11.1. The van der Waals surface area contributed by atoms with E-state index in [-0.39, 0.29) is 12.5 Å². The van der Waals surface area contributed by atoms with Crippen molar-refractivity contribution in [2.24, 2.45) is 0 Å². The molecule has 34 heavy (non-hydrogen) atoms. The molecule has 10 heteroatoms. The number of carbonyl (C=O) groups excluding carboxylic acids is 2. The summed E-state index contributed by atoms with van der Waals surface area (Å²) >= 11 is 6.31. The van der Waals surface area contributed by atoms with Gasteiger partial charge in [0, 0.05) is 17.1 Å². The van der Waals surface area contributed by atoms with Crippen LogP contribution in [0.15, 0.2) is 48.5 Å². The average molecular weight is 510 g/mol. The maximum atomic E-state index is 13.5. The standard InChI is InChI=1S/C24H32ClN3O5S/c1-17(23(30)26-24(2,3)4)27(15-18-9-7-8-10-21(18)25)22(29)16-28(34(6,31)32)19-11-13-20(33-5)14-12-19/h7-14,17H,15-16H2,1-6H3,(H,26,30)/t17-/m1/s1. The Labute approximate surface area is 206 Å². The molecule has 1 N–H and O–H groups in total. The number of nitrogens with zero attached hydrogens (tertiary/aromatic N) is 2. The van der Waals surface area contributed by atoms with Crippen molar-refractivity contribution in [3.05, 3.63) is 59.1 Å². The Kier molecular flexibility index (Phi) is 8.96. The molecule has 0 aliphatic rings. The summed E-state index contributed by atoms with van der Waals surface area (Å²) in [6.45, 7) is 6.68. The number of nitrogens with one attached hydrogen (secondary N) is 1. The minimum atomic E-state index is -3.80. The fraction of sp³-hybridized carbons (Fsp3) is 0.417. The molecule has 0 unspecified atom stereocenters. The summed E-state index contributed by atoms with van der Waals surface area (Å²) in [7, 11) is -2.30. The van der Waals surface area contributed by atoms with Crippen LogP contribution in [-0.4, -0.2) is 56.6 Å². The Morgan fingerprint density at radius 1 is 1.09 bits per heavy atom. The number of methoxy groups -OCH3 is 1. The number of amides is 2. The van der Waals surface area contributed by atoms with E-state index in [1.807, 2.05) is 20.8 Å². The molecule has 0 saturated carbocycles. The van der Waals surface area contributed by atoms with E-state index < -0.39 is 34.1 Å². The van der Waals surface area contributed by atoms with Gasteiger partial charge < -0.3 is 15.0 Å². The number of halogens is 1. The maximum Gasteiger partial charge on any atom is 0.244 e. The Morgan fingerprint density at radius 2 is 1.68 bits per heavy atom. The monoisotopic (exact) mass is 509 g/mol. The van der Waals surface area contributed by atoms with E-state index in [1.54, 1.807) is 55.5 Å². The first kappa shape index (κ1) is 27.5. The number of benzene rings is 2. The van der Waals surface area contributed by atoms with Gasteiger partial charge in [-0.25, -0.2) is 8.42 Å². The molecule has 0 aliphatic carbocycles. The van der Waals surface area contributed by atoms with Gasteiger partial charge in [-0.2, -0.15) is 0 Å². The minimum absolute atomic E-state index is 0.0391. The first-order valence-corrected chi connectivity index (χ1v) is 12.9. The van der Waals surface area contributed by atoms with Crippen molar-refractivity contribution in [3.8, 4) is 5.75 Å². The summed E-state index contributed by atoms with van der Waals surface area (Å²) in [6.07, 6.45) is 1.03. The van der Waals surface area contributed by atoms with E-state index in [9.17, 15) is 18.0 Å². The molecule has 0 bridgehead atoms. The van der Waals surface area contributed by atoms with E-state index >= 15 is 0 Å². The zero-order chi connectivity index (χ0) is 25.7. The summed E-state index contributed by atoms with van der Waals surface area (Å²) < 4.78 is 31.3. The second-order valence-corrected chi connectivity index (χ2v) is 11.3. The van der Waals surface area contributed by atoms with E-state index in [0.717, 1.165) is 10.6 Å². The van der Waals surface area contributed by atoms with Crippen molar-refractivity contribution < 1.29 is 22.7 Å². The molecule has 2 aromatic carbocycles. The maximum absolute atomic E-state index is 13.5. The highest BCUT2D eigenvalue weighted by Crippen LogP contribution is 2.23. The van der Waals surface area contributed by atoms with Crippen LogP contribution in [0.3, 0.4) is 0 Å². The Hall–Kier alpha value is -2.78. The van der Waals surface area contributed by atoms with E-state index in [0.29, 0.717) is 22.0 Å². The summed E-state index contributed by atoms with van der Waals surface area (Å²) in [5.41, 5.74) is 0.441. The zero-order valence-corrected chi connectivity index (χ0v) is 21.9. The topological polar surface area (TPSA) is 96.0 Å². The third-order valence-electron chi connectivity index (χ3n) is 5.00. The highest BCUT2D eigenvalue weighted by molar-refractivity contribution is 7.92. The molecule has 2 amide bonds. The molecule has 0 spiro atoms. The lowest BCUT2D eigenvalue weighted by Gasteiger charge is -2.33. The largest absolute Gasteiger partial charge is 0.497 e. The number of carbonyl (C=O) groups is 2. The van der Waals surface area contributed by atoms with Gasteiger partial charge in [0.15, 0.2) is 0 Å². The number of rotatable bonds is 9. The highest BCUT2D eigenvalue weighted by Gasteiger charge is 2.31. The fourth-order valence-electron chi connectivity index (χ4n) is 3.23. The Morgan fingerprint density at radius 3 is 2.18 bits per heavy atom. The first-order valence-electron chi connectivity index (χ1n) is 10.7. The average Bonchev–Trinajstić information content (AvgIpc) is 2.74. The van der Waals surface area contributed by atoms with Gasteiger partial charge in [0.25, 0.3) is 0 Å². The van der Waals surface area contributed by atoms with Crippen molar-refractivity contribution in [3.63, 3.8) is 0 Å². The minimum Gasteiger partial charge on any atom is -0.497 e. The van der Waals surface area contributed by atoms with Crippen LogP contribution in [0.4, 0.5) is 5.69 Å². The molecule has 0 saturated heterocycles. The van der Waals surface area contributed by atoms with Crippen molar-refractivity contribution in [1.82, 2.24) is 10.2 Å². The van der Waals surface area contributed by atoms with Gasteiger partial charge in [-0.1, -0.05) is 29.8 Å². The van der Waals surface area contributed by atoms with Crippen molar-refractivity contribution in [1.29, 1.82) is 0 Å². The van der Waals surface area contributed by atoms with Crippen LogP contribution in [0.25, 0.3) is 0 Å². The number of anilines is 1. The lowest BCUT2D eigenvalue weighted by molar-refractivity contribution is -0.140. The predicted octanol–water partition coefficient (Wildman–Crippen LogP) is 3.45. The van der Waals surface area contributed by atoms with Crippen molar-refractivity contribution in [2.75, 3.05) is 24.2 Å². The lowest BCUT2D eigenvalue weighted by Crippen LogP contribution is -2.54. The summed E-state index contributed by atoms with van der Waals surface area (Å²) in [5.74, 6) is -0.350. The molecular weight excluding hydrogens is 478 g/mol. The van der Waals surface area contributed by atoms with Crippen LogP contribution >= 0.6 is 11.6 Å². The summed E-state index contributed by atoms with van der Waals surface area (Å²) in [5, 5.41) is 3.31. The fourth-order valence-corrected chi connectivity index (χ4v) is 4.27. The SMILES string of the molecule is COc1ccc(N(CC(=O)N(Cc2ccccc2Cl)[C@H](C)C(=O)NC(C)(C)C)S(C)(=O)=O)cc1. The molecule has 0 fully saturated rings. The van der Waals surface area contributed by atoms with Crippen LogP contribution in [0, 0.1) is 0 Å². The van der Waals surface area contributed by atoms with Crippen LogP contribution in [0.2, 0.25) is 5.02 Å². The summed E-state index contributed by atoms with van der Waals surface area (Å²) in [4.78, 5) is 27.8. The van der Waals surface area contributed by atoms with Crippen molar-refractivity contribution in [2.45, 2.75) is 45.8 Å². The molecule has 1 atom stereocenters. The van der Waals surface area contributed by atoms with E-state index in [4.69, 9.17) is 16.3 Å². The van der Waals surface area contributed by atoms with Crippen LogP contribution in [0.5, 0.6) is 5.75 Å². The Balaban J connectivity index is 2.41. The summed E-state index contributed by atoms with van der Waals surface area (Å²) in [6, 6.07) is 12.5. The number of sulfonamides is 1. The van der Waals surface area contributed by atoms with Gasteiger partial charge in [-0.3, -0.25) is 13.9 Å². The molecule has 8 nitrogen and oxygen atoms in total. The predicted molar refractivity (Wildman–Crippen MR) is 135 cm³/mol. The molecule has 0 heterocycles. The van der Waals surface area contributed by atoms with Gasteiger partial charge in [0.2, 0.25) is 21.8 Å². The molecule has 2 rings (SSSR count). The molecular formula is C24H32ClN3O5S. The van der Waals surface area contributed by atoms with E-state index in [2.05, 4.69) is 5.32 Å². The quantitative estimate of drug-likeness (QED) is 0.558. The normalized spacial score (nSPS) is 12.6. The second-order valence-electron chi connectivity index (χ2n) is 9.00. The van der Waals surface area contributed by atoms with Crippen LogP contribution in [-0.2, 0) is 26.2 Å². The highest BCUT2D eigenvalue weighted by atomic mass is 35.5. The lowest BCUT2D eigenvalue weighted by atomic mass is 10.1. The van der Waals surface area contributed by atoms with Crippen molar-refractivity contribution >= 4 is 39.1 Å². The van der Waals surface area contributed by atoms with Gasteiger partial charge in [0.1, 0.15) is 18.3 Å². The molecule has 186 valence electrons. The number of hydrogen-bond acceptors (Lipinski definition) is 5. The smallest absolute Gasteiger partial charge is 0.244 e. The molecule has 0 aliphatic heterocycles. The van der Waals surface area contributed by atoms with Gasteiger partial charge in [-0.05, 0) is 63.6 Å². The van der Waals surface area contributed by atoms with E-state index in [1.165, 1.54) is 12.0 Å². The van der Waals surface area contributed by atoms with Gasteiger partial charge >= 0.3 is 0 Å². The number of hydrogen-bond donors (Lipinski definition) is 1. The first-order chi connectivity index (χ1) is 15.7. The zero-order valence-electron chi connectivity index (χ0n) is 20.3. The van der Waals surface area contributed by atoms with Crippen LogP contribution < -0.4 is 14.4 Å². The molecule has 0 radical (unpaired) electrons. The van der Waals surface area contributed by atoms with Crippen LogP contribution in [0.1, 0.15) is 33.3 Å².